The molecular weight excluding hydrogens is 257 g/mol. The summed E-state index contributed by atoms with van der Waals surface area (Å²) in [5.74, 6) is 1.50. The zero-order valence-electron chi connectivity index (χ0n) is 9.89. The maximum atomic E-state index is 6.06. The second kappa shape index (κ2) is 5.30. The van der Waals surface area contributed by atoms with Gasteiger partial charge in [0.15, 0.2) is 5.58 Å². The van der Waals surface area contributed by atoms with Crippen molar-refractivity contribution in [3.63, 3.8) is 0 Å². The molecule has 0 aliphatic rings. The maximum absolute atomic E-state index is 6.06. The smallest absolute Gasteiger partial charge is 0.153 e. The molecule has 0 amide bonds. The van der Waals surface area contributed by atoms with Gasteiger partial charge in [-0.3, -0.25) is 0 Å². The van der Waals surface area contributed by atoms with Crippen molar-refractivity contribution in [2.75, 3.05) is 6.54 Å². The Morgan fingerprint density at radius 1 is 1.24 bits per heavy atom. The largest absolute Gasteiger partial charge is 0.458 e. The van der Waals surface area contributed by atoms with Crippen molar-refractivity contribution >= 4 is 34.2 Å². The van der Waals surface area contributed by atoms with E-state index in [1.54, 1.807) is 6.07 Å². The highest BCUT2D eigenvalue weighted by atomic mass is 35.5. The average Bonchev–Trinajstić information content (AvgIpc) is 2.60. The molecule has 1 heterocycles. The van der Waals surface area contributed by atoms with Gasteiger partial charge in [0.25, 0.3) is 0 Å². The summed E-state index contributed by atoms with van der Waals surface area (Å²) in [4.78, 5) is 0. The van der Waals surface area contributed by atoms with Gasteiger partial charge in [-0.15, -0.1) is 0 Å². The summed E-state index contributed by atoms with van der Waals surface area (Å²) in [6.07, 6.45) is 0. The van der Waals surface area contributed by atoms with E-state index in [0.717, 1.165) is 17.7 Å². The molecule has 0 aliphatic carbocycles. The summed E-state index contributed by atoms with van der Waals surface area (Å²) < 4.78 is 5.68. The van der Waals surface area contributed by atoms with Gasteiger partial charge >= 0.3 is 0 Å². The first-order chi connectivity index (χ1) is 8.06. The number of furan rings is 1. The second-order valence-corrected chi connectivity index (χ2v) is 5.39. The van der Waals surface area contributed by atoms with Crippen LogP contribution < -0.4 is 5.32 Å². The third-order valence-electron chi connectivity index (χ3n) is 2.44. The van der Waals surface area contributed by atoms with E-state index in [0.29, 0.717) is 28.1 Å². The van der Waals surface area contributed by atoms with Crippen molar-refractivity contribution in [3.8, 4) is 0 Å². The van der Waals surface area contributed by atoms with Crippen LogP contribution in [0, 0.1) is 5.92 Å². The van der Waals surface area contributed by atoms with Gasteiger partial charge in [-0.1, -0.05) is 37.0 Å². The molecule has 4 heteroatoms. The topological polar surface area (TPSA) is 25.2 Å². The molecule has 0 atom stereocenters. The highest BCUT2D eigenvalue weighted by Crippen LogP contribution is 2.30. The normalized spacial score (nSPS) is 11.6. The molecule has 2 aromatic rings. The molecule has 2 rings (SSSR count). The Balaban J connectivity index is 2.17. The van der Waals surface area contributed by atoms with Crippen LogP contribution in [0.3, 0.4) is 0 Å². The van der Waals surface area contributed by atoms with Crippen molar-refractivity contribution in [2.45, 2.75) is 20.4 Å². The Kier molecular flexibility index (Phi) is 3.97. The lowest BCUT2D eigenvalue weighted by atomic mass is 10.2. The molecule has 1 aromatic carbocycles. The highest BCUT2D eigenvalue weighted by molar-refractivity contribution is 6.38. The van der Waals surface area contributed by atoms with Crippen LogP contribution in [0.25, 0.3) is 11.0 Å². The Morgan fingerprint density at radius 3 is 2.71 bits per heavy atom. The standard InChI is InChI=1S/C13H15Cl2NO/c1-8(2)6-16-7-11-4-9-3-10(14)5-12(15)13(9)17-11/h3-5,8,16H,6-7H2,1-2H3. The molecule has 1 N–H and O–H groups in total. The number of hydrogen-bond donors (Lipinski definition) is 1. The maximum Gasteiger partial charge on any atom is 0.153 e. The van der Waals surface area contributed by atoms with Gasteiger partial charge in [-0.05, 0) is 30.7 Å². The van der Waals surface area contributed by atoms with Crippen molar-refractivity contribution in [2.24, 2.45) is 5.92 Å². The molecule has 92 valence electrons. The van der Waals surface area contributed by atoms with Gasteiger partial charge in [0, 0.05) is 10.4 Å². The van der Waals surface area contributed by atoms with E-state index in [9.17, 15) is 0 Å². The third kappa shape index (κ3) is 3.15. The van der Waals surface area contributed by atoms with Gasteiger partial charge in [0.05, 0.1) is 11.6 Å². The van der Waals surface area contributed by atoms with Crippen LogP contribution >= 0.6 is 23.2 Å². The van der Waals surface area contributed by atoms with Crippen molar-refractivity contribution in [3.05, 3.63) is 34.0 Å². The Morgan fingerprint density at radius 2 is 2.00 bits per heavy atom. The molecule has 0 saturated heterocycles. The fourth-order valence-corrected chi connectivity index (χ4v) is 2.25. The van der Waals surface area contributed by atoms with Gasteiger partial charge in [0.1, 0.15) is 5.76 Å². The number of benzene rings is 1. The molecule has 0 fully saturated rings. The first-order valence-electron chi connectivity index (χ1n) is 5.64. The van der Waals surface area contributed by atoms with Gasteiger partial charge in [-0.25, -0.2) is 0 Å². The Bertz CT molecular complexity index is 519. The minimum atomic E-state index is 0.558. The second-order valence-electron chi connectivity index (χ2n) is 4.54. The lowest BCUT2D eigenvalue weighted by Gasteiger charge is -2.04. The molecule has 0 aliphatic heterocycles. The summed E-state index contributed by atoms with van der Waals surface area (Å²) in [6, 6.07) is 5.53. The zero-order valence-corrected chi connectivity index (χ0v) is 11.4. The molecule has 2 nitrogen and oxygen atoms in total. The predicted octanol–water partition coefficient (Wildman–Crippen LogP) is 4.49. The minimum Gasteiger partial charge on any atom is -0.458 e. The molecule has 0 saturated carbocycles. The number of hydrogen-bond acceptors (Lipinski definition) is 2. The first kappa shape index (κ1) is 12.7. The summed E-state index contributed by atoms with van der Waals surface area (Å²) in [7, 11) is 0. The van der Waals surface area contributed by atoms with Crippen LogP contribution in [0.4, 0.5) is 0 Å². The molecule has 0 radical (unpaired) electrons. The first-order valence-corrected chi connectivity index (χ1v) is 6.40. The van der Waals surface area contributed by atoms with Crippen LogP contribution in [0.2, 0.25) is 10.0 Å². The SMILES string of the molecule is CC(C)CNCc1cc2cc(Cl)cc(Cl)c2o1. The van der Waals surface area contributed by atoms with Crippen molar-refractivity contribution in [1.29, 1.82) is 0 Å². The number of fused-ring (bicyclic) bond motifs is 1. The van der Waals surface area contributed by atoms with Crippen LogP contribution in [-0.4, -0.2) is 6.54 Å². The average molecular weight is 272 g/mol. The number of halogens is 2. The summed E-state index contributed by atoms with van der Waals surface area (Å²) in [5.41, 5.74) is 0.706. The zero-order chi connectivity index (χ0) is 12.4. The van der Waals surface area contributed by atoms with Crippen LogP contribution in [0.5, 0.6) is 0 Å². The fraction of sp³-hybridized carbons (Fsp3) is 0.385. The van der Waals surface area contributed by atoms with E-state index >= 15 is 0 Å². The number of nitrogens with one attached hydrogen (secondary N) is 1. The van der Waals surface area contributed by atoms with Crippen molar-refractivity contribution < 1.29 is 4.42 Å². The highest BCUT2D eigenvalue weighted by Gasteiger charge is 2.08. The van der Waals surface area contributed by atoms with Gasteiger partial charge in [-0.2, -0.15) is 0 Å². The van der Waals surface area contributed by atoms with E-state index in [-0.39, 0.29) is 0 Å². The van der Waals surface area contributed by atoms with E-state index < -0.39 is 0 Å². The quantitative estimate of drug-likeness (QED) is 0.887. The fourth-order valence-electron chi connectivity index (χ4n) is 1.70. The molecular formula is C13H15Cl2NO. The molecule has 0 unspecified atom stereocenters. The predicted molar refractivity (Wildman–Crippen MR) is 72.8 cm³/mol. The summed E-state index contributed by atoms with van der Waals surface area (Å²) >= 11 is 12.0. The van der Waals surface area contributed by atoms with E-state index in [1.807, 2.05) is 12.1 Å². The number of rotatable bonds is 4. The van der Waals surface area contributed by atoms with Crippen LogP contribution in [0.1, 0.15) is 19.6 Å². The summed E-state index contributed by atoms with van der Waals surface area (Å²) in [5, 5.41) is 5.46. The molecule has 1 aromatic heterocycles. The Hall–Kier alpha value is -0.700. The van der Waals surface area contributed by atoms with Crippen LogP contribution in [0.15, 0.2) is 22.6 Å². The van der Waals surface area contributed by atoms with E-state index in [2.05, 4.69) is 19.2 Å². The minimum absolute atomic E-state index is 0.558. The molecule has 0 spiro atoms. The summed E-state index contributed by atoms with van der Waals surface area (Å²) in [6.45, 7) is 6.01. The third-order valence-corrected chi connectivity index (χ3v) is 2.94. The van der Waals surface area contributed by atoms with Gasteiger partial charge < -0.3 is 9.73 Å². The van der Waals surface area contributed by atoms with E-state index in [1.165, 1.54) is 0 Å². The molecule has 0 bridgehead atoms. The molecule has 17 heavy (non-hydrogen) atoms. The lowest BCUT2D eigenvalue weighted by molar-refractivity contribution is 0.485. The van der Waals surface area contributed by atoms with Crippen molar-refractivity contribution in [1.82, 2.24) is 5.32 Å². The van der Waals surface area contributed by atoms with Gasteiger partial charge in [0.2, 0.25) is 0 Å². The van der Waals surface area contributed by atoms with Crippen LogP contribution in [-0.2, 0) is 6.54 Å². The van der Waals surface area contributed by atoms with E-state index in [4.69, 9.17) is 27.6 Å². The monoisotopic (exact) mass is 271 g/mol. The lowest BCUT2D eigenvalue weighted by Crippen LogP contribution is -2.18. The Labute approximate surface area is 111 Å².